The molecule has 0 radical (unpaired) electrons. The Balaban J connectivity index is 1.16. The van der Waals surface area contributed by atoms with Gasteiger partial charge in [-0.3, -0.25) is 4.79 Å². The second-order valence-corrected chi connectivity index (χ2v) is 13.7. The Morgan fingerprint density at radius 1 is 0.421 bits per heavy atom. The van der Waals surface area contributed by atoms with Crippen molar-refractivity contribution >= 4 is 5.78 Å². The monoisotopic (exact) mass is 754 g/mol. The summed E-state index contributed by atoms with van der Waals surface area (Å²) in [5.74, 6) is 2.03. The molecule has 0 fully saturated rings. The summed E-state index contributed by atoms with van der Waals surface area (Å²) in [4.78, 5) is 14.9. The van der Waals surface area contributed by atoms with Crippen molar-refractivity contribution in [1.29, 1.82) is 0 Å². The van der Waals surface area contributed by atoms with E-state index in [9.17, 15) is 4.79 Å². The molecule has 1 aliphatic rings. The van der Waals surface area contributed by atoms with Crippen LogP contribution in [-0.4, -0.2) is 11.9 Å². The van der Waals surface area contributed by atoms with E-state index in [0.717, 1.165) is 27.8 Å². The average molecular weight is 755 g/mol. The third kappa shape index (κ3) is 9.53. The Kier molecular flexibility index (Phi) is 11.9. The van der Waals surface area contributed by atoms with Crippen molar-refractivity contribution in [2.75, 3.05) is 0 Å². The molecule has 0 amide bonds. The molecule has 1 aliphatic heterocycles. The fraction of sp³-hybridized carbons (Fsp3) is 0.140. The quantitative estimate of drug-likeness (QED) is 0.0972. The van der Waals surface area contributed by atoms with Crippen molar-refractivity contribution in [3.05, 3.63) is 221 Å². The summed E-state index contributed by atoms with van der Waals surface area (Å²) in [6.45, 7) is 1.44. The van der Waals surface area contributed by atoms with Crippen LogP contribution in [0, 0.1) is 0 Å². The number of carbonyl (C=O) groups excluding carboxylic acids is 1. The van der Waals surface area contributed by atoms with Gasteiger partial charge in [0.2, 0.25) is 5.78 Å². The van der Waals surface area contributed by atoms with Crippen LogP contribution in [0.25, 0.3) is 0 Å². The summed E-state index contributed by atoms with van der Waals surface area (Å²) < 4.78 is 38.9. The van der Waals surface area contributed by atoms with Gasteiger partial charge in [0, 0.05) is 12.1 Å². The molecule has 2 atom stereocenters. The number of benzene rings is 7. The van der Waals surface area contributed by atoms with E-state index in [1.54, 1.807) is 12.1 Å². The van der Waals surface area contributed by atoms with Crippen LogP contribution in [0.4, 0.5) is 0 Å². The molecule has 0 N–H and O–H groups in total. The number of ether oxygens (including phenoxy) is 6. The average Bonchev–Trinajstić information content (AvgIpc) is 3.27. The predicted octanol–water partition coefficient (Wildman–Crippen LogP) is 10.9. The molecule has 1 heterocycles. The van der Waals surface area contributed by atoms with Gasteiger partial charge < -0.3 is 28.4 Å². The van der Waals surface area contributed by atoms with Gasteiger partial charge in [0.25, 0.3) is 0 Å². The maximum atomic E-state index is 14.9. The van der Waals surface area contributed by atoms with Crippen molar-refractivity contribution in [3.63, 3.8) is 0 Å². The fourth-order valence-corrected chi connectivity index (χ4v) is 6.62. The number of ketones is 1. The van der Waals surface area contributed by atoms with Gasteiger partial charge in [0.05, 0.1) is 6.61 Å². The molecule has 7 aromatic carbocycles. The molecule has 8 rings (SSSR count). The molecule has 0 spiro atoms. The van der Waals surface area contributed by atoms with Gasteiger partial charge in [-0.1, -0.05) is 158 Å². The molecule has 57 heavy (non-hydrogen) atoms. The second-order valence-electron chi connectivity index (χ2n) is 13.7. The van der Waals surface area contributed by atoms with E-state index in [1.165, 1.54) is 0 Å². The van der Waals surface area contributed by atoms with Gasteiger partial charge in [-0.25, -0.2) is 0 Å². The van der Waals surface area contributed by atoms with E-state index in [-0.39, 0.29) is 19.0 Å². The largest absolute Gasteiger partial charge is 0.489 e. The minimum Gasteiger partial charge on any atom is -0.489 e. The van der Waals surface area contributed by atoms with Crippen LogP contribution in [0.3, 0.4) is 0 Å². The molecular formula is C50H42O7. The van der Waals surface area contributed by atoms with E-state index in [1.807, 2.05) is 170 Å². The molecular weight excluding hydrogens is 713 g/mol. The molecule has 0 aliphatic carbocycles. The third-order valence-electron chi connectivity index (χ3n) is 9.60. The third-order valence-corrected chi connectivity index (χ3v) is 9.60. The van der Waals surface area contributed by atoms with E-state index in [4.69, 9.17) is 28.4 Å². The SMILES string of the molecule is O=C1c2c(OCc3ccccc3)cc(OCc3ccccc3)cc2O[C@H](c2ccc(OCc3ccccc3)c(OCc3ccccc3)c2)[C@H]1OCc1ccccc1. The number of Topliss-reactive ketones (excluding diaryl/α,β-unsaturated/α-hetero) is 1. The molecule has 0 bridgehead atoms. The molecule has 0 saturated carbocycles. The molecule has 7 aromatic rings. The van der Waals surface area contributed by atoms with E-state index < -0.39 is 12.2 Å². The number of fused-ring (bicyclic) bond motifs is 1. The molecule has 0 saturated heterocycles. The van der Waals surface area contributed by atoms with Crippen LogP contribution in [0.15, 0.2) is 182 Å². The summed E-state index contributed by atoms with van der Waals surface area (Å²) in [5.41, 5.74) is 5.91. The topological polar surface area (TPSA) is 72.5 Å². The zero-order valence-electron chi connectivity index (χ0n) is 31.4. The van der Waals surface area contributed by atoms with E-state index in [2.05, 4.69) is 0 Å². The highest BCUT2D eigenvalue weighted by Gasteiger charge is 2.42. The first-order chi connectivity index (χ1) is 28.2. The van der Waals surface area contributed by atoms with Gasteiger partial charge in [-0.15, -0.1) is 0 Å². The highest BCUT2D eigenvalue weighted by atomic mass is 16.6. The Hall–Kier alpha value is -6.83. The minimum atomic E-state index is -1.02. The highest BCUT2D eigenvalue weighted by molar-refractivity contribution is 6.06. The van der Waals surface area contributed by atoms with Gasteiger partial charge in [0.15, 0.2) is 23.7 Å². The maximum Gasteiger partial charge on any atom is 0.203 e. The lowest BCUT2D eigenvalue weighted by Crippen LogP contribution is -2.38. The van der Waals surface area contributed by atoms with Gasteiger partial charge in [-0.2, -0.15) is 0 Å². The van der Waals surface area contributed by atoms with Gasteiger partial charge in [0.1, 0.15) is 49.2 Å². The lowest BCUT2D eigenvalue weighted by atomic mass is 9.92. The van der Waals surface area contributed by atoms with Crippen LogP contribution in [-0.2, 0) is 37.8 Å². The first-order valence-electron chi connectivity index (χ1n) is 19.0. The lowest BCUT2D eigenvalue weighted by Gasteiger charge is -2.34. The number of hydrogen-bond donors (Lipinski definition) is 0. The summed E-state index contributed by atoms with van der Waals surface area (Å²) >= 11 is 0. The smallest absolute Gasteiger partial charge is 0.203 e. The Morgan fingerprint density at radius 2 is 0.860 bits per heavy atom. The van der Waals surface area contributed by atoms with E-state index >= 15 is 0 Å². The van der Waals surface area contributed by atoms with Crippen molar-refractivity contribution in [3.8, 4) is 28.7 Å². The molecule has 0 aromatic heterocycles. The van der Waals surface area contributed by atoms with Crippen LogP contribution in [0.1, 0.15) is 49.8 Å². The van der Waals surface area contributed by atoms with Crippen molar-refractivity contribution in [2.45, 2.75) is 45.2 Å². The Labute approximate surface area is 333 Å². The fourth-order valence-electron chi connectivity index (χ4n) is 6.62. The van der Waals surface area contributed by atoms with Crippen LogP contribution < -0.4 is 23.7 Å². The summed E-state index contributed by atoms with van der Waals surface area (Å²) in [6.07, 6.45) is -1.87. The predicted molar refractivity (Wildman–Crippen MR) is 219 cm³/mol. The zero-order valence-corrected chi connectivity index (χ0v) is 31.4. The first kappa shape index (κ1) is 37.1. The first-order valence-corrected chi connectivity index (χ1v) is 19.0. The maximum absolute atomic E-state index is 14.9. The number of carbonyl (C=O) groups is 1. The number of rotatable bonds is 16. The normalized spacial score (nSPS) is 14.6. The summed E-state index contributed by atoms with van der Waals surface area (Å²) in [5, 5.41) is 0. The van der Waals surface area contributed by atoms with Crippen molar-refractivity contribution < 1.29 is 33.2 Å². The lowest BCUT2D eigenvalue weighted by molar-refractivity contribution is -0.0294. The highest BCUT2D eigenvalue weighted by Crippen LogP contribution is 2.45. The summed E-state index contributed by atoms with van der Waals surface area (Å²) in [7, 11) is 0. The number of hydrogen-bond acceptors (Lipinski definition) is 7. The van der Waals surface area contributed by atoms with Crippen LogP contribution >= 0.6 is 0 Å². The molecule has 7 nitrogen and oxygen atoms in total. The standard InChI is InChI=1S/C50H42O7/c51-48-47-45(55-34-39-22-12-4-13-23-39)29-42(52-31-36-16-6-1-7-17-36)30-46(47)57-49(50(48)56-35-40-24-14-5-15-25-40)41-26-27-43(53-32-37-18-8-2-9-19-37)44(28-41)54-33-38-20-10-3-11-21-38/h1-30,49-50H,31-35H2/t49-,50+/m1/s1. The zero-order chi connectivity index (χ0) is 38.7. The van der Waals surface area contributed by atoms with Crippen LogP contribution in [0.5, 0.6) is 28.7 Å². The second kappa shape index (κ2) is 18.2. The van der Waals surface area contributed by atoms with Crippen molar-refractivity contribution in [2.24, 2.45) is 0 Å². The van der Waals surface area contributed by atoms with Crippen molar-refractivity contribution in [1.82, 2.24) is 0 Å². The Morgan fingerprint density at radius 3 is 1.37 bits per heavy atom. The molecule has 0 unspecified atom stereocenters. The molecule has 7 heteroatoms. The Bertz CT molecular complexity index is 2350. The minimum absolute atomic E-state index is 0.195. The summed E-state index contributed by atoms with van der Waals surface area (Å²) in [6, 6.07) is 58.6. The van der Waals surface area contributed by atoms with E-state index in [0.29, 0.717) is 59.7 Å². The molecule has 284 valence electrons. The van der Waals surface area contributed by atoms with Gasteiger partial charge >= 0.3 is 0 Å². The van der Waals surface area contributed by atoms with Crippen LogP contribution in [0.2, 0.25) is 0 Å². The van der Waals surface area contributed by atoms with Gasteiger partial charge in [-0.05, 0) is 45.5 Å².